The molecule has 5 nitrogen and oxygen atoms in total. The van der Waals surface area contributed by atoms with Crippen molar-refractivity contribution >= 4 is 17.3 Å². The van der Waals surface area contributed by atoms with Gasteiger partial charge in [-0.25, -0.2) is 4.79 Å². The standard InChI is InChI=1S/C40H54N2O3/c1-26(2)10-9-11-27(3)34-20-21-35-33-19-16-29-24-32(43)25-37(40(29,5)36(33)22-23-39(34,35)4)45-38(44)28-14-17-31(18-15-28)42-41-30-12-7-6-8-13-30/h6-8,12-18,26-27,32-37,43H,9-11,19-25H2,1-5H3/t27-,32-,33+,34-,35+,36+,37?,39-,40+/m1/s1. The molecule has 1 unspecified atom stereocenters. The number of ether oxygens (including phenoxy) is 1. The van der Waals surface area contributed by atoms with E-state index in [0.29, 0.717) is 41.3 Å². The summed E-state index contributed by atoms with van der Waals surface area (Å²) in [5.41, 5.74) is 3.47. The molecule has 0 spiro atoms. The van der Waals surface area contributed by atoms with Crippen LogP contribution in [-0.2, 0) is 4.74 Å². The smallest absolute Gasteiger partial charge is 0.338 e. The molecule has 2 aromatic carbocycles. The molecule has 242 valence electrons. The number of aliphatic hydroxyl groups is 1. The third kappa shape index (κ3) is 6.31. The molecule has 0 aliphatic heterocycles. The Bertz CT molecular complexity index is 1380. The Morgan fingerprint density at radius 3 is 2.36 bits per heavy atom. The summed E-state index contributed by atoms with van der Waals surface area (Å²) in [5, 5.41) is 19.5. The molecule has 6 rings (SSSR count). The summed E-state index contributed by atoms with van der Waals surface area (Å²) in [6.07, 6.45) is 13.1. The number of azo groups is 1. The van der Waals surface area contributed by atoms with Crippen LogP contribution in [0.4, 0.5) is 11.4 Å². The van der Waals surface area contributed by atoms with Crippen molar-refractivity contribution < 1.29 is 14.6 Å². The summed E-state index contributed by atoms with van der Waals surface area (Å²) in [6.45, 7) is 12.2. The minimum Gasteiger partial charge on any atom is -0.458 e. The van der Waals surface area contributed by atoms with Gasteiger partial charge in [0.2, 0.25) is 0 Å². The van der Waals surface area contributed by atoms with Crippen LogP contribution in [0.1, 0.15) is 109 Å². The largest absolute Gasteiger partial charge is 0.458 e. The maximum atomic E-state index is 13.6. The second kappa shape index (κ2) is 13.1. The zero-order valence-electron chi connectivity index (χ0n) is 28.1. The fraction of sp³-hybridized carbons (Fsp3) is 0.625. The third-order valence-corrected chi connectivity index (χ3v) is 12.7. The number of carbonyl (C=O) groups excluding carboxylic acids is 1. The maximum Gasteiger partial charge on any atom is 0.338 e. The number of benzene rings is 2. The molecular weight excluding hydrogens is 556 g/mol. The average Bonchev–Trinajstić information content (AvgIpc) is 3.38. The van der Waals surface area contributed by atoms with Crippen LogP contribution in [0.25, 0.3) is 0 Å². The van der Waals surface area contributed by atoms with Gasteiger partial charge in [-0.1, -0.05) is 83.7 Å². The van der Waals surface area contributed by atoms with Crippen molar-refractivity contribution in [3.8, 4) is 0 Å². The highest BCUT2D eigenvalue weighted by atomic mass is 16.5. The predicted octanol–water partition coefficient (Wildman–Crippen LogP) is 10.6. The lowest BCUT2D eigenvalue weighted by atomic mass is 9.46. The summed E-state index contributed by atoms with van der Waals surface area (Å²) in [6, 6.07) is 16.8. The van der Waals surface area contributed by atoms with Gasteiger partial charge in [0, 0.05) is 11.8 Å². The van der Waals surface area contributed by atoms with Crippen molar-refractivity contribution in [2.45, 2.75) is 111 Å². The lowest BCUT2D eigenvalue weighted by Gasteiger charge is -2.60. The monoisotopic (exact) mass is 610 g/mol. The fourth-order valence-corrected chi connectivity index (χ4v) is 10.3. The van der Waals surface area contributed by atoms with Crippen LogP contribution >= 0.6 is 0 Å². The van der Waals surface area contributed by atoms with E-state index in [-0.39, 0.29) is 17.5 Å². The SMILES string of the molecule is CC(C)CCC[C@@H](C)[C@H]1CC[C@H]2[C@@H]3CC=C4C[C@@H](O)CC(OC(=O)c5ccc(N=Nc6ccccc6)cc5)[C@]4(C)[C@H]3CC[C@]12C. The summed E-state index contributed by atoms with van der Waals surface area (Å²) in [7, 11) is 0. The van der Waals surface area contributed by atoms with Crippen LogP contribution < -0.4 is 0 Å². The summed E-state index contributed by atoms with van der Waals surface area (Å²) in [4.78, 5) is 13.6. The molecule has 9 atom stereocenters. The van der Waals surface area contributed by atoms with Crippen molar-refractivity contribution in [3.05, 3.63) is 71.8 Å². The average molecular weight is 611 g/mol. The van der Waals surface area contributed by atoms with E-state index in [1.807, 2.05) is 42.5 Å². The molecule has 0 amide bonds. The Hall–Kier alpha value is -2.79. The molecule has 4 aliphatic carbocycles. The number of allylic oxidation sites excluding steroid dienone is 1. The molecule has 3 fully saturated rings. The van der Waals surface area contributed by atoms with Gasteiger partial charge in [0.05, 0.1) is 23.0 Å². The van der Waals surface area contributed by atoms with Crippen molar-refractivity contribution in [2.75, 3.05) is 0 Å². The van der Waals surface area contributed by atoms with Crippen LogP contribution in [-0.4, -0.2) is 23.3 Å². The summed E-state index contributed by atoms with van der Waals surface area (Å²) < 4.78 is 6.40. The quantitative estimate of drug-likeness (QED) is 0.174. The molecule has 0 aromatic heterocycles. The lowest BCUT2D eigenvalue weighted by Crippen LogP contribution is -2.56. The molecule has 4 aliphatic rings. The van der Waals surface area contributed by atoms with Crippen molar-refractivity contribution in [2.24, 2.45) is 56.6 Å². The second-order valence-electron chi connectivity index (χ2n) is 15.7. The number of hydrogen-bond donors (Lipinski definition) is 1. The van der Waals surface area contributed by atoms with E-state index in [0.717, 1.165) is 35.8 Å². The van der Waals surface area contributed by atoms with Crippen molar-refractivity contribution in [1.82, 2.24) is 0 Å². The summed E-state index contributed by atoms with van der Waals surface area (Å²) in [5.74, 6) is 3.89. The van der Waals surface area contributed by atoms with Crippen LogP contribution in [0.2, 0.25) is 0 Å². The minimum atomic E-state index is -0.476. The van der Waals surface area contributed by atoms with E-state index in [9.17, 15) is 9.90 Å². The van der Waals surface area contributed by atoms with E-state index in [4.69, 9.17) is 4.74 Å². The molecule has 2 aromatic rings. The molecule has 3 saturated carbocycles. The first kappa shape index (κ1) is 32.2. The van der Waals surface area contributed by atoms with Crippen LogP contribution in [0.15, 0.2) is 76.5 Å². The molecule has 45 heavy (non-hydrogen) atoms. The number of fused-ring (bicyclic) bond motifs is 5. The first-order valence-electron chi connectivity index (χ1n) is 17.7. The Morgan fingerprint density at radius 2 is 1.64 bits per heavy atom. The third-order valence-electron chi connectivity index (χ3n) is 12.7. The topological polar surface area (TPSA) is 71.2 Å². The van der Waals surface area contributed by atoms with Gasteiger partial charge >= 0.3 is 5.97 Å². The Balaban J connectivity index is 1.17. The van der Waals surface area contributed by atoms with Gasteiger partial charge in [0.25, 0.3) is 0 Å². The van der Waals surface area contributed by atoms with Gasteiger partial charge in [0.15, 0.2) is 0 Å². The van der Waals surface area contributed by atoms with Gasteiger partial charge in [-0.3, -0.25) is 0 Å². The Labute approximate surface area is 271 Å². The van der Waals surface area contributed by atoms with E-state index in [1.165, 1.54) is 50.5 Å². The first-order valence-corrected chi connectivity index (χ1v) is 17.7. The van der Waals surface area contributed by atoms with Gasteiger partial charge in [-0.2, -0.15) is 10.2 Å². The minimum absolute atomic E-state index is 0.232. The fourth-order valence-electron chi connectivity index (χ4n) is 10.3. The normalized spacial score (nSPS) is 35.0. The van der Waals surface area contributed by atoms with Crippen LogP contribution in [0.5, 0.6) is 0 Å². The zero-order valence-corrected chi connectivity index (χ0v) is 28.1. The predicted molar refractivity (Wildman–Crippen MR) is 181 cm³/mol. The highest BCUT2D eigenvalue weighted by Gasteiger charge is 2.61. The zero-order chi connectivity index (χ0) is 31.8. The molecule has 1 N–H and O–H groups in total. The number of aliphatic hydroxyl groups excluding tert-OH is 1. The second-order valence-corrected chi connectivity index (χ2v) is 15.7. The van der Waals surface area contributed by atoms with Crippen LogP contribution in [0.3, 0.4) is 0 Å². The van der Waals surface area contributed by atoms with Gasteiger partial charge < -0.3 is 9.84 Å². The van der Waals surface area contributed by atoms with E-state index < -0.39 is 6.10 Å². The number of carbonyl (C=O) groups is 1. The molecular formula is C40H54N2O3. The number of nitrogens with zero attached hydrogens (tertiary/aromatic N) is 2. The molecule has 0 heterocycles. The highest BCUT2D eigenvalue weighted by Crippen LogP contribution is 2.67. The lowest BCUT2D eigenvalue weighted by molar-refractivity contribution is -0.113. The van der Waals surface area contributed by atoms with E-state index >= 15 is 0 Å². The first-order chi connectivity index (χ1) is 21.6. The number of rotatable bonds is 9. The van der Waals surface area contributed by atoms with Gasteiger partial charge in [-0.15, -0.1) is 0 Å². The molecule has 0 radical (unpaired) electrons. The van der Waals surface area contributed by atoms with E-state index in [2.05, 4.69) is 50.9 Å². The number of esters is 1. The Morgan fingerprint density at radius 1 is 0.933 bits per heavy atom. The number of hydrogen-bond acceptors (Lipinski definition) is 5. The van der Waals surface area contributed by atoms with Gasteiger partial charge in [0.1, 0.15) is 6.10 Å². The van der Waals surface area contributed by atoms with Crippen molar-refractivity contribution in [1.29, 1.82) is 0 Å². The molecule has 5 heteroatoms. The van der Waals surface area contributed by atoms with Gasteiger partial charge in [-0.05, 0) is 116 Å². The molecule has 0 saturated heterocycles. The van der Waals surface area contributed by atoms with Crippen molar-refractivity contribution in [3.63, 3.8) is 0 Å². The Kier molecular flexibility index (Phi) is 9.39. The summed E-state index contributed by atoms with van der Waals surface area (Å²) >= 11 is 0. The van der Waals surface area contributed by atoms with Crippen LogP contribution in [0, 0.1) is 46.3 Å². The maximum absolute atomic E-state index is 13.6. The molecule has 0 bridgehead atoms. The van der Waals surface area contributed by atoms with E-state index in [1.54, 1.807) is 12.1 Å². The highest BCUT2D eigenvalue weighted by molar-refractivity contribution is 5.90.